The van der Waals surface area contributed by atoms with E-state index >= 15 is 0 Å². The first-order valence-electron chi connectivity index (χ1n) is 9.63. The molecule has 160 valence electrons. The Kier molecular flexibility index (Phi) is 5.69. The van der Waals surface area contributed by atoms with Crippen LogP contribution in [-0.4, -0.2) is 49.4 Å². The summed E-state index contributed by atoms with van der Waals surface area (Å²) in [4.78, 5) is 29.4. The number of rotatable bonds is 5. The fraction of sp³-hybridized carbons (Fsp3) is 0.227. The summed E-state index contributed by atoms with van der Waals surface area (Å²) in [5.41, 5.74) is 1.87. The number of fused-ring (bicyclic) bond motifs is 1. The van der Waals surface area contributed by atoms with E-state index in [1.165, 1.54) is 12.1 Å². The third-order valence-corrected chi connectivity index (χ3v) is 6.78. The third kappa shape index (κ3) is 4.88. The smallest absolute Gasteiger partial charge is 0.339 e. The maximum absolute atomic E-state index is 13.3. The summed E-state index contributed by atoms with van der Waals surface area (Å²) in [5.74, 6) is -1.73. The molecule has 31 heavy (non-hydrogen) atoms. The number of carbonyl (C=O) groups excluding carboxylic acids is 2. The number of pyridine rings is 1. The van der Waals surface area contributed by atoms with Crippen LogP contribution < -0.4 is 5.32 Å². The van der Waals surface area contributed by atoms with Gasteiger partial charge in [-0.05, 0) is 42.8 Å². The number of sulfone groups is 1. The van der Waals surface area contributed by atoms with E-state index in [0.29, 0.717) is 28.6 Å². The molecule has 1 aliphatic rings. The van der Waals surface area contributed by atoms with Crippen LogP contribution in [-0.2, 0) is 19.4 Å². The summed E-state index contributed by atoms with van der Waals surface area (Å²) in [6.45, 7) is -0.530. The number of hydrogen-bond donors (Lipinski definition) is 1. The molecule has 0 aliphatic carbocycles. The molecular formula is C22H19FN2O5S. The van der Waals surface area contributed by atoms with Gasteiger partial charge in [-0.25, -0.2) is 22.6 Å². The first-order chi connectivity index (χ1) is 14.8. The summed E-state index contributed by atoms with van der Waals surface area (Å²) in [6.07, 6.45) is 0.345. The number of esters is 1. The van der Waals surface area contributed by atoms with Crippen LogP contribution >= 0.6 is 0 Å². The Morgan fingerprint density at radius 2 is 1.87 bits per heavy atom. The standard InChI is InChI=1S/C22H19FN2O5S/c23-15-7-5-14(6-8-15)20-11-18(17-3-1-2-4-19(17)25-20)22(27)30-12-21(26)24-16-9-10-31(28,29)13-16/h1-8,11,16H,9-10,12-13H2,(H,24,26)/t16-/m1/s1. The largest absolute Gasteiger partial charge is 0.452 e. The first-order valence-corrected chi connectivity index (χ1v) is 11.5. The SMILES string of the molecule is O=C(COC(=O)c1cc(-c2ccc(F)cc2)nc2ccccc12)N[C@@H]1CCS(=O)(=O)C1. The lowest BCUT2D eigenvalue weighted by Gasteiger charge is -2.12. The number of carbonyl (C=O) groups is 2. The molecule has 3 aromatic rings. The van der Waals surface area contributed by atoms with Crippen LogP contribution in [0.2, 0.25) is 0 Å². The Labute approximate surface area is 178 Å². The number of nitrogens with zero attached hydrogens (tertiary/aromatic N) is 1. The van der Waals surface area contributed by atoms with Gasteiger partial charge < -0.3 is 10.1 Å². The highest BCUT2D eigenvalue weighted by Gasteiger charge is 2.29. The zero-order valence-electron chi connectivity index (χ0n) is 16.4. The maximum Gasteiger partial charge on any atom is 0.339 e. The molecule has 1 aromatic heterocycles. The van der Waals surface area contributed by atoms with Crippen LogP contribution in [0.4, 0.5) is 4.39 Å². The Morgan fingerprint density at radius 1 is 1.13 bits per heavy atom. The second-order valence-electron chi connectivity index (χ2n) is 7.32. The van der Waals surface area contributed by atoms with Crippen molar-refractivity contribution in [3.05, 3.63) is 66.0 Å². The summed E-state index contributed by atoms with van der Waals surface area (Å²) in [5, 5.41) is 3.13. The molecule has 9 heteroatoms. The van der Waals surface area contributed by atoms with Gasteiger partial charge in [-0.2, -0.15) is 0 Å². The zero-order chi connectivity index (χ0) is 22.0. The van der Waals surface area contributed by atoms with Crippen LogP contribution in [0, 0.1) is 5.82 Å². The van der Waals surface area contributed by atoms with Crippen molar-refractivity contribution in [2.75, 3.05) is 18.1 Å². The average molecular weight is 442 g/mol. The number of halogens is 1. The topological polar surface area (TPSA) is 102 Å². The molecule has 1 saturated heterocycles. The van der Waals surface area contributed by atoms with E-state index in [2.05, 4.69) is 10.3 Å². The van der Waals surface area contributed by atoms with Gasteiger partial charge in [-0.1, -0.05) is 18.2 Å². The van der Waals surface area contributed by atoms with E-state index in [1.54, 1.807) is 42.5 Å². The lowest BCUT2D eigenvalue weighted by molar-refractivity contribution is -0.124. The van der Waals surface area contributed by atoms with E-state index in [4.69, 9.17) is 4.74 Å². The Morgan fingerprint density at radius 3 is 2.58 bits per heavy atom. The summed E-state index contributed by atoms with van der Waals surface area (Å²) < 4.78 is 41.4. The monoisotopic (exact) mass is 442 g/mol. The molecule has 0 unspecified atom stereocenters. The van der Waals surface area contributed by atoms with Crippen molar-refractivity contribution < 1.29 is 27.1 Å². The minimum atomic E-state index is -3.13. The minimum Gasteiger partial charge on any atom is -0.452 e. The number of aromatic nitrogens is 1. The van der Waals surface area contributed by atoms with Crippen LogP contribution in [0.3, 0.4) is 0 Å². The van der Waals surface area contributed by atoms with Gasteiger partial charge in [0, 0.05) is 17.0 Å². The molecule has 0 spiro atoms. The lowest BCUT2D eigenvalue weighted by Crippen LogP contribution is -2.38. The molecule has 1 N–H and O–H groups in total. The van der Waals surface area contributed by atoms with Crippen molar-refractivity contribution in [3.8, 4) is 11.3 Å². The van der Waals surface area contributed by atoms with Crippen LogP contribution in [0.1, 0.15) is 16.8 Å². The normalized spacial score (nSPS) is 17.4. The fourth-order valence-corrected chi connectivity index (χ4v) is 5.17. The number of para-hydroxylation sites is 1. The second kappa shape index (κ2) is 8.43. The van der Waals surface area contributed by atoms with Crippen LogP contribution in [0.5, 0.6) is 0 Å². The molecule has 1 aliphatic heterocycles. The van der Waals surface area contributed by atoms with Gasteiger partial charge in [0.2, 0.25) is 0 Å². The average Bonchev–Trinajstić information content (AvgIpc) is 3.09. The van der Waals surface area contributed by atoms with Crippen molar-refractivity contribution >= 4 is 32.6 Å². The van der Waals surface area contributed by atoms with E-state index in [0.717, 1.165) is 0 Å². The van der Waals surface area contributed by atoms with Crippen LogP contribution in [0.25, 0.3) is 22.2 Å². The zero-order valence-corrected chi connectivity index (χ0v) is 17.2. The van der Waals surface area contributed by atoms with E-state index in [-0.39, 0.29) is 22.9 Å². The molecule has 0 radical (unpaired) electrons. The van der Waals surface area contributed by atoms with Crippen molar-refractivity contribution in [2.45, 2.75) is 12.5 Å². The highest BCUT2D eigenvalue weighted by atomic mass is 32.2. The van der Waals surface area contributed by atoms with Crippen LogP contribution in [0.15, 0.2) is 54.6 Å². The molecule has 2 heterocycles. The van der Waals surface area contributed by atoms with Gasteiger partial charge in [-0.15, -0.1) is 0 Å². The molecule has 1 fully saturated rings. The lowest BCUT2D eigenvalue weighted by atomic mass is 10.0. The van der Waals surface area contributed by atoms with E-state index in [9.17, 15) is 22.4 Å². The highest BCUT2D eigenvalue weighted by Crippen LogP contribution is 2.25. The summed E-state index contributed by atoms with van der Waals surface area (Å²) >= 11 is 0. The third-order valence-electron chi connectivity index (χ3n) is 5.01. The Bertz CT molecular complexity index is 1260. The predicted octanol–water partition coefficient (Wildman–Crippen LogP) is 2.50. The van der Waals surface area contributed by atoms with E-state index < -0.39 is 34.4 Å². The molecule has 1 atom stereocenters. The van der Waals surface area contributed by atoms with Gasteiger partial charge in [0.1, 0.15) is 5.82 Å². The number of nitrogens with one attached hydrogen (secondary N) is 1. The highest BCUT2D eigenvalue weighted by molar-refractivity contribution is 7.91. The predicted molar refractivity (Wildman–Crippen MR) is 113 cm³/mol. The molecule has 4 rings (SSSR count). The van der Waals surface area contributed by atoms with Gasteiger partial charge in [0.05, 0.1) is 28.3 Å². The fourth-order valence-electron chi connectivity index (χ4n) is 3.50. The molecule has 0 bridgehead atoms. The number of amides is 1. The van der Waals surface area contributed by atoms with Gasteiger partial charge in [0.25, 0.3) is 5.91 Å². The van der Waals surface area contributed by atoms with Crippen molar-refractivity contribution in [1.29, 1.82) is 0 Å². The number of benzene rings is 2. The Balaban J connectivity index is 1.53. The molecule has 1 amide bonds. The second-order valence-corrected chi connectivity index (χ2v) is 9.55. The van der Waals surface area contributed by atoms with Crippen molar-refractivity contribution in [1.82, 2.24) is 10.3 Å². The quantitative estimate of drug-likeness (QED) is 0.609. The molecular weight excluding hydrogens is 423 g/mol. The summed E-state index contributed by atoms with van der Waals surface area (Å²) in [7, 11) is -3.13. The molecule has 2 aromatic carbocycles. The first kappa shape index (κ1) is 20.9. The van der Waals surface area contributed by atoms with E-state index in [1.807, 2.05) is 0 Å². The minimum absolute atomic E-state index is 0.0346. The van der Waals surface area contributed by atoms with Gasteiger partial charge in [0.15, 0.2) is 16.4 Å². The van der Waals surface area contributed by atoms with Crippen molar-refractivity contribution in [2.24, 2.45) is 0 Å². The number of hydrogen-bond acceptors (Lipinski definition) is 6. The van der Waals surface area contributed by atoms with Crippen molar-refractivity contribution in [3.63, 3.8) is 0 Å². The summed E-state index contributed by atoms with van der Waals surface area (Å²) in [6, 6.07) is 13.8. The van der Waals surface area contributed by atoms with Gasteiger partial charge >= 0.3 is 5.97 Å². The van der Waals surface area contributed by atoms with Gasteiger partial charge in [-0.3, -0.25) is 4.79 Å². The number of ether oxygens (including phenoxy) is 1. The molecule has 7 nitrogen and oxygen atoms in total. The maximum atomic E-state index is 13.3. The Hall–Kier alpha value is -3.33. The molecule has 0 saturated carbocycles.